The molecule has 0 atom stereocenters. The third-order valence-electron chi connectivity index (χ3n) is 2.42. The predicted molar refractivity (Wildman–Crippen MR) is 73.0 cm³/mol. The molecule has 2 aromatic carbocycles. The third kappa shape index (κ3) is 3.00. The smallest absolute Gasteiger partial charge is 0.264 e. The molecule has 0 saturated heterocycles. The molecule has 106 valence electrons. The molecule has 2 aromatic rings. The molecular formula is C12H9ClF2N2O2S. The number of hydrogen-bond donors (Lipinski definition) is 2. The van der Waals surface area contributed by atoms with E-state index < -0.39 is 32.2 Å². The molecule has 0 aliphatic heterocycles. The summed E-state index contributed by atoms with van der Waals surface area (Å²) in [7, 11) is -4.23. The summed E-state index contributed by atoms with van der Waals surface area (Å²) in [6.07, 6.45) is 0. The Hall–Kier alpha value is -1.86. The average molecular weight is 319 g/mol. The van der Waals surface area contributed by atoms with Crippen LogP contribution in [0.1, 0.15) is 0 Å². The minimum absolute atomic E-state index is 0.153. The minimum Gasteiger partial charge on any atom is -0.396 e. The first kappa shape index (κ1) is 14.5. The number of halogens is 3. The average Bonchev–Trinajstić information content (AvgIpc) is 2.33. The van der Waals surface area contributed by atoms with Crippen molar-refractivity contribution >= 4 is 33.0 Å². The van der Waals surface area contributed by atoms with E-state index in [1.54, 1.807) is 6.07 Å². The van der Waals surface area contributed by atoms with Crippen molar-refractivity contribution in [3.8, 4) is 0 Å². The topological polar surface area (TPSA) is 72.2 Å². The quantitative estimate of drug-likeness (QED) is 0.854. The van der Waals surface area contributed by atoms with Crippen molar-refractivity contribution in [3.05, 3.63) is 53.1 Å². The summed E-state index contributed by atoms with van der Waals surface area (Å²) in [5, 5.41) is 0.310. The fraction of sp³-hybridized carbons (Fsp3) is 0. The second-order valence-electron chi connectivity index (χ2n) is 3.92. The largest absolute Gasteiger partial charge is 0.396 e. The minimum atomic E-state index is -4.23. The van der Waals surface area contributed by atoms with Crippen molar-refractivity contribution in [2.24, 2.45) is 0 Å². The second-order valence-corrected chi connectivity index (χ2v) is 6.01. The standard InChI is InChI=1S/C12H9ClF2N2O2S/c13-7-2-1-3-8(4-7)17-20(18,19)12-6-11(16)9(14)5-10(12)15/h1-6,17H,16H2. The molecule has 0 aromatic heterocycles. The van der Waals surface area contributed by atoms with E-state index in [0.29, 0.717) is 11.1 Å². The fourth-order valence-electron chi connectivity index (χ4n) is 1.51. The number of benzene rings is 2. The second kappa shape index (κ2) is 5.26. The summed E-state index contributed by atoms with van der Waals surface area (Å²) in [6, 6.07) is 7.00. The summed E-state index contributed by atoms with van der Waals surface area (Å²) >= 11 is 5.72. The SMILES string of the molecule is Nc1cc(S(=O)(=O)Nc2cccc(Cl)c2)c(F)cc1F. The van der Waals surface area contributed by atoms with Crippen LogP contribution in [0.15, 0.2) is 41.3 Å². The maximum atomic E-state index is 13.6. The van der Waals surface area contributed by atoms with Gasteiger partial charge in [0.2, 0.25) is 0 Å². The zero-order chi connectivity index (χ0) is 14.9. The van der Waals surface area contributed by atoms with Crippen molar-refractivity contribution in [2.45, 2.75) is 4.90 Å². The monoisotopic (exact) mass is 318 g/mol. The molecule has 4 nitrogen and oxygen atoms in total. The highest BCUT2D eigenvalue weighted by atomic mass is 35.5. The Labute approximate surface area is 119 Å². The van der Waals surface area contributed by atoms with Gasteiger partial charge in [-0.05, 0) is 24.3 Å². The molecule has 0 spiro atoms. The molecule has 0 amide bonds. The van der Waals surface area contributed by atoms with E-state index in [4.69, 9.17) is 17.3 Å². The molecule has 0 unspecified atom stereocenters. The summed E-state index contributed by atoms with van der Waals surface area (Å²) in [4.78, 5) is -0.739. The first-order valence-corrected chi connectivity index (χ1v) is 7.18. The van der Waals surface area contributed by atoms with Crippen molar-refractivity contribution in [2.75, 3.05) is 10.5 Å². The van der Waals surface area contributed by atoms with Crippen LogP contribution in [0.5, 0.6) is 0 Å². The van der Waals surface area contributed by atoms with Gasteiger partial charge < -0.3 is 5.73 Å². The van der Waals surface area contributed by atoms with Gasteiger partial charge >= 0.3 is 0 Å². The van der Waals surface area contributed by atoms with Crippen molar-refractivity contribution in [1.29, 1.82) is 0 Å². The lowest BCUT2D eigenvalue weighted by Gasteiger charge is -2.10. The predicted octanol–water partition coefficient (Wildman–Crippen LogP) is 3.00. The fourth-order valence-corrected chi connectivity index (χ4v) is 2.85. The number of sulfonamides is 1. The molecule has 0 bridgehead atoms. The molecule has 0 saturated carbocycles. The molecule has 0 heterocycles. The molecule has 0 fully saturated rings. The van der Waals surface area contributed by atoms with Crippen LogP contribution in [0.2, 0.25) is 5.02 Å². The van der Waals surface area contributed by atoms with E-state index in [2.05, 4.69) is 4.72 Å². The summed E-state index contributed by atoms with van der Waals surface area (Å²) in [5.74, 6) is -2.25. The van der Waals surface area contributed by atoms with E-state index in [-0.39, 0.29) is 5.69 Å². The number of nitrogen functional groups attached to an aromatic ring is 1. The number of nitrogens with one attached hydrogen (secondary N) is 1. The highest BCUT2D eigenvalue weighted by Crippen LogP contribution is 2.24. The molecule has 2 rings (SSSR count). The van der Waals surface area contributed by atoms with Gasteiger partial charge in [0.25, 0.3) is 10.0 Å². The van der Waals surface area contributed by atoms with E-state index in [9.17, 15) is 17.2 Å². The summed E-state index contributed by atoms with van der Waals surface area (Å²) < 4.78 is 52.8. The lowest BCUT2D eigenvalue weighted by atomic mass is 10.3. The molecule has 8 heteroatoms. The molecule has 0 radical (unpaired) electrons. The van der Waals surface area contributed by atoms with Crippen LogP contribution in [0.25, 0.3) is 0 Å². The van der Waals surface area contributed by atoms with E-state index >= 15 is 0 Å². The molecule has 20 heavy (non-hydrogen) atoms. The molecular weight excluding hydrogens is 310 g/mol. The van der Waals surface area contributed by atoms with Crippen molar-refractivity contribution in [1.82, 2.24) is 0 Å². The highest BCUT2D eigenvalue weighted by molar-refractivity contribution is 7.92. The zero-order valence-corrected chi connectivity index (χ0v) is 11.5. The van der Waals surface area contributed by atoms with Gasteiger partial charge in [-0.1, -0.05) is 17.7 Å². The summed E-state index contributed by atoms with van der Waals surface area (Å²) in [6.45, 7) is 0. The van der Waals surface area contributed by atoms with Gasteiger partial charge in [0.15, 0.2) is 0 Å². The van der Waals surface area contributed by atoms with Gasteiger partial charge in [-0.2, -0.15) is 0 Å². The maximum absolute atomic E-state index is 13.6. The van der Waals surface area contributed by atoms with Crippen LogP contribution in [-0.4, -0.2) is 8.42 Å². The normalized spacial score (nSPS) is 11.3. The Morgan fingerprint density at radius 1 is 1.10 bits per heavy atom. The zero-order valence-electron chi connectivity index (χ0n) is 9.90. The van der Waals surface area contributed by atoms with Gasteiger partial charge in [0, 0.05) is 11.1 Å². The molecule has 0 aliphatic carbocycles. The van der Waals surface area contributed by atoms with Crippen molar-refractivity contribution < 1.29 is 17.2 Å². The Balaban J connectivity index is 2.43. The van der Waals surface area contributed by atoms with Crippen LogP contribution in [0.4, 0.5) is 20.2 Å². The number of nitrogens with two attached hydrogens (primary N) is 1. The van der Waals surface area contributed by atoms with E-state index in [0.717, 1.165) is 6.07 Å². The van der Waals surface area contributed by atoms with Gasteiger partial charge in [0.1, 0.15) is 16.5 Å². The van der Waals surface area contributed by atoms with E-state index in [1.807, 2.05) is 0 Å². The van der Waals surface area contributed by atoms with Crippen LogP contribution >= 0.6 is 11.6 Å². The lowest BCUT2D eigenvalue weighted by Crippen LogP contribution is -2.15. The van der Waals surface area contributed by atoms with Crippen LogP contribution in [0.3, 0.4) is 0 Å². The highest BCUT2D eigenvalue weighted by Gasteiger charge is 2.21. The summed E-state index contributed by atoms with van der Waals surface area (Å²) in [5.41, 5.74) is 4.94. The molecule has 3 N–H and O–H groups in total. The number of hydrogen-bond acceptors (Lipinski definition) is 3. The number of rotatable bonds is 3. The molecule has 0 aliphatic rings. The van der Waals surface area contributed by atoms with Crippen LogP contribution in [0, 0.1) is 11.6 Å². The van der Waals surface area contributed by atoms with Gasteiger partial charge in [-0.25, -0.2) is 17.2 Å². The Morgan fingerprint density at radius 2 is 1.80 bits per heavy atom. The van der Waals surface area contributed by atoms with Crippen LogP contribution < -0.4 is 10.5 Å². The first-order chi connectivity index (χ1) is 9.29. The van der Waals surface area contributed by atoms with E-state index in [1.165, 1.54) is 18.2 Å². The van der Waals surface area contributed by atoms with Gasteiger partial charge in [-0.3, -0.25) is 4.72 Å². The van der Waals surface area contributed by atoms with Crippen LogP contribution in [-0.2, 0) is 10.0 Å². The van der Waals surface area contributed by atoms with Gasteiger partial charge in [-0.15, -0.1) is 0 Å². The third-order valence-corrected chi connectivity index (χ3v) is 4.05. The Kier molecular flexibility index (Phi) is 3.82. The number of anilines is 2. The first-order valence-electron chi connectivity index (χ1n) is 5.32. The lowest BCUT2D eigenvalue weighted by molar-refractivity contribution is 0.553. The Bertz CT molecular complexity index is 766. The van der Waals surface area contributed by atoms with Gasteiger partial charge in [0.05, 0.1) is 11.4 Å². The Morgan fingerprint density at radius 3 is 2.45 bits per heavy atom. The van der Waals surface area contributed by atoms with Crippen molar-refractivity contribution in [3.63, 3.8) is 0 Å². The maximum Gasteiger partial charge on any atom is 0.264 e.